The number of aromatic nitrogens is 2. The SMILES string of the molecule is Cc1ccc2c(c1F)OC1(CCN(C(=O)OC(C)(C)C)CC1)c1c-2nn(C2CCN(C(=O)OC(C)(C)C)C(C)(C)C2)c1C. The summed E-state index contributed by atoms with van der Waals surface area (Å²) in [7, 11) is 0. The highest BCUT2D eigenvalue weighted by Crippen LogP contribution is 2.52. The normalized spacial score (nSPS) is 21.1. The number of carbonyl (C=O) groups excluding carboxylic acids is 2. The molecule has 2 fully saturated rings. The lowest BCUT2D eigenvalue weighted by molar-refractivity contribution is -0.0237. The number of rotatable bonds is 1. The van der Waals surface area contributed by atoms with Crippen molar-refractivity contribution in [1.82, 2.24) is 19.6 Å². The fraction of sp³-hybridized carbons (Fsp3) is 0.667. The Morgan fingerprint density at radius 2 is 1.58 bits per heavy atom. The molecule has 43 heavy (non-hydrogen) atoms. The number of likely N-dealkylation sites (tertiary alicyclic amines) is 2. The molecule has 0 saturated carbocycles. The lowest BCUT2D eigenvalue weighted by Gasteiger charge is -2.46. The number of hydrogen-bond donors (Lipinski definition) is 0. The first-order valence-electron chi connectivity index (χ1n) is 15.4. The molecule has 0 N–H and O–H groups in total. The van der Waals surface area contributed by atoms with Gasteiger partial charge >= 0.3 is 12.2 Å². The number of hydrogen-bond acceptors (Lipinski definition) is 6. The molecule has 2 amide bonds. The van der Waals surface area contributed by atoms with Crippen LogP contribution in [0.5, 0.6) is 5.75 Å². The van der Waals surface area contributed by atoms with Gasteiger partial charge in [0.15, 0.2) is 11.6 Å². The van der Waals surface area contributed by atoms with Gasteiger partial charge in [0.25, 0.3) is 0 Å². The molecule has 1 unspecified atom stereocenters. The molecule has 3 aliphatic rings. The molecule has 4 heterocycles. The molecule has 2 aromatic rings. The summed E-state index contributed by atoms with van der Waals surface area (Å²) in [4.78, 5) is 29.4. The summed E-state index contributed by atoms with van der Waals surface area (Å²) in [6.45, 7) is 20.5. The van der Waals surface area contributed by atoms with Crippen molar-refractivity contribution in [3.8, 4) is 17.0 Å². The van der Waals surface area contributed by atoms with Gasteiger partial charge in [-0.2, -0.15) is 5.10 Å². The number of nitrogens with zero attached hydrogens (tertiary/aromatic N) is 4. The van der Waals surface area contributed by atoms with E-state index in [4.69, 9.17) is 19.3 Å². The summed E-state index contributed by atoms with van der Waals surface area (Å²) in [5.74, 6) is -0.154. The molecule has 0 bridgehead atoms. The van der Waals surface area contributed by atoms with Crippen LogP contribution in [0, 0.1) is 19.7 Å². The smallest absolute Gasteiger partial charge is 0.410 e. The highest BCUT2D eigenvalue weighted by Gasteiger charge is 2.50. The summed E-state index contributed by atoms with van der Waals surface area (Å²) in [6, 6.07) is 3.68. The molecule has 0 radical (unpaired) electrons. The van der Waals surface area contributed by atoms with Crippen molar-refractivity contribution in [3.63, 3.8) is 0 Å². The third-order valence-corrected chi connectivity index (χ3v) is 8.78. The number of piperidine rings is 2. The van der Waals surface area contributed by atoms with Crippen LogP contribution in [0.3, 0.4) is 0 Å². The first-order valence-corrected chi connectivity index (χ1v) is 15.4. The van der Waals surface area contributed by atoms with E-state index in [1.807, 2.05) is 52.5 Å². The third-order valence-electron chi connectivity index (χ3n) is 8.78. The lowest BCUT2D eigenvalue weighted by atomic mass is 9.79. The number of halogens is 1. The van der Waals surface area contributed by atoms with Crippen molar-refractivity contribution in [3.05, 3.63) is 34.8 Å². The molecule has 1 atom stereocenters. The molecule has 0 aliphatic carbocycles. The number of benzene rings is 1. The van der Waals surface area contributed by atoms with Crippen molar-refractivity contribution >= 4 is 12.2 Å². The van der Waals surface area contributed by atoms with Crippen molar-refractivity contribution in [2.24, 2.45) is 0 Å². The van der Waals surface area contributed by atoms with Crippen LogP contribution < -0.4 is 4.74 Å². The van der Waals surface area contributed by atoms with Crippen LogP contribution >= 0.6 is 0 Å². The molecule has 1 spiro atoms. The van der Waals surface area contributed by atoms with Crippen LogP contribution in [0.1, 0.15) is 104 Å². The Balaban J connectivity index is 1.49. The molecule has 1 aromatic heterocycles. The van der Waals surface area contributed by atoms with Crippen molar-refractivity contribution in [2.75, 3.05) is 19.6 Å². The first-order chi connectivity index (χ1) is 19.8. The van der Waals surface area contributed by atoms with Gasteiger partial charge in [-0.05, 0) is 93.7 Å². The minimum Gasteiger partial charge on any atom is -0.478 e. The highest BCUT2D eigenvalue weighted by molar-refractivity contribution is 5.76. The Labute approximate surface area is 254 Å². The van der Waals surface area contributed by atoms with E-state index in [-0.39, 0.29) is 29.8 Å². The van der Waals surface area contributed by atoms with E-state index < -0.39 is 22.3 Å². The lowest BCUT2D eigenvalue weighted by Crippen LogP contribution is -2.54. The second-order valence-corrected chi connectivity index (χ2v) is 15.0. The van der Waals surface area contributed by atoms with E-state index in [0.29, 0.717) is 56.4 Å². The van der Waals surface area contributed by atoms with E-state index in [1.165, 1.54) is 0 Å². The standard InChI is InChI=1S/C33H47FN4O5/c1-20-11-12-23-26-24(33(41-27(23)25(20)34)14-17-36(18-15-33)28(39)42-30(3,4)5)21(2)38(35-26)22-13-16-37(32(9,10)19-22)29(40)43-31(6,7)8/h11-12,22H,13-19H2,1-10H3. The van der Waals surface area contributed by atoms with Crippen LogP contribution in [-0.4, -0.2) is 68.1 Å². The van der Waals surface area contributed by atoms with Crippen LogP contribution in [0.4, 0.5) is 14.0 Å². The Kier molecular flexibility index (Phi) is 7.54. The van der Waals surface area contributed by atoms with E-state index >= 15 is 4.39 Å². The largest absolute Gasteiger partial charge is 0.478 e. The molecule has 1 aromatic carbocycles. The molecule has 3 aliphatic heterocycles. The second-order valence-electron chi connectivity index (χ2n) is 15.0. The van der Waals surface area contributed by atoms with Crippen molar-refractivity contribution in [2.45, 2.75) is 123 Å². The maximum absolute atomic E-state index is 15.6. The number of fused-ring (bicyclic) bond motifs is 4. The maximum Gasteiger partial charge on any atom is 0.410 e. The fourth-order valence-electron chi connectivity index (χ4n) is 6.76. The van der Waals surface area contributed by atoms with Gasteiger partial charge < -0.3 is 24.0 Å². The summed E-state index contributed by atoms with van der Waals surface area (Å²) in [5, 5.41) is 5.16. The summed E-state index contributed by atoms with van der Waals surface area (Å²) < 4.78 is 35.7. The van der Waals surface area contributed by atoms with Crippen molar-refractivity contribution < 1.29 is 28.2 Å². The fourth-order valence-corrected chi connectivity index (χ4v) is 6.76. The number of ether oxygens (including phenoxy) is 3. The average Bonchev–Trinajstić information content (AvgIpc) is 3.22. The van der Waals surface area contributed by atoms with E-state index in [9.17, 15) is 9.59 Å². The molecular weight excluding hydrogens is 551 g/mol. The van der Waals surface area contributed by atoms with Gasteiger partial charge in [0.2, 0.25) is 0 Å². The summed E-state index contributed by atoms with van der Waals surface area (Å²) >= 11 is 0. The number of aryl methyl sites for hydroxylation is 1. The molecule has 10 heteroatoms. The number of amides is 2. The van der Waals surface area contributed by atoms with Gasteiger partial charge in [-0.25, -0.2) is 14.0 Å². The first kappa shape index (κ1) is 31.1. The van der Waals surface area contributed by atoms with Gasteiger partial charge in [0, 0.05) is 54.8 Å². The molecule has 236 valence electrons. The molecule has 5 rings (SSSR count). The van der Waals surface area contributed by atoms with Crippen LogP contribution in [0.25, 0.3) is 11.3 Å². The highest BCUT2D eigenvalue weighted by atomic mass is 19.1. The van der Waals surface area contributed by atoms with Crippen LogP contribution in [0.15, 0.2) is 12.1 Å². The number of carbonyl (C=O) groups is 2. The van der Waals surface area contributed by atoms with E-state index in [1.54, 1.807) is 17.9 Å². The molecule has 2 saturated heterocycles. The molecular formula is C33H47FN4O5. The Morgan fingerprint density at radius 3 is 2.16 bits per heavy atom. The third kappa shape index (κ3) is 5.81. The predicted octanol–water partition coefficient (Wildman–Crippen LogP) is 7.28. The van der Waals surface area contributed by atoms with Gasteiger partial charge in [-0.15, -0.1) is 0 Å². The van der Waals surface area contributed by atoms with E-state index in [0.717, 1.165) is 17.0 Å². The van der Waals surface area contributed by atoms with Gasteiger partial charge in [-0.1, -0.05) is 6.07 Å². The Hall–Kier alpha value is -3.30. The summed E-state index contributed by atoms with van der Waals surface area (Å²) in [6.07, 6.45) is 1.70. The monoisotopic (exact) mass is 598 g/mol. The predicted molar refractivity (Wildman–Crippen MR) is 162 cm³/mol. The van der Waals surface area contributed by atoms with Crippen LogP contribution in [-0.2, 0) is 15.1 Å². The van der Waals surface area contributed by atoms with Gasteiger partial charge in [-0.3, -0.25) is 4.68 Å². The van der Waals surface area contributed by atoms with Crippen LogP contribution in [0.2, 0.25) is 0 Å². The average molecular weight is 599 g/mol. The zero-order valence-corrected chi connectivity index (χ0v) is 27.4. The minimum atomic E-state index is -0.829. The van der Waals surface area contributed by atoms with E-state index in [2.05, 4.69) is 25.5 Å². The Bertz CT molecular complexity index is 1430. The maximum atomic E-state index is 15.6. The minimum absolute atomic E-state index is 0.0249. The van der Waals surface area contributed by atoms with Gasteiger partial charge in [0.1, 0.15) is 22.5 Å². The molecule has 9 nitrogen and oxygen atoms in total. The van der Waals surface area contributed by atoms with Gasteiger partial charge in [0.05, 0.1) is 6.04 Å². The van der Waals surface area contributed by atoms with Crippen molar-refractivity contribution in [1.29, 1.82) is 0 Å². The summed E-state index contributed by atoms with van der Waals surface area (Å²) in [5.41, 5.74) is 1.36. The zero-order chi connectivity index (χ0) is 31.7. The topological polar surface area (TPSA) is 86.1 Å². The second kappa shape index (κ2) is 10.4. The quantitative estimate of drug-likeness (QED) is 0.343. The zero-order valence-electron chi connectivity index (χ0n) is 27.4. The Morgan fingerprint density at radius 1 is 0.977 bits per heavy atom.